The lowest BCUT2D eigenvalue weighted by molar-refractivity contribution is 1.28. The molecule has 0 saturated heterocycles. The molecule has 0 unspecified atom stereocenters. The second kappa shape index (κ2) is 33.1. The van der Waals surface area contributed by atoms with Gasteiger partial charge in [-0.25, -0.2) is 0 Å². The predicted molar refractivity (Wildman–Crippen MR) is 447 cm³/mol. The second-order valence-electron chi connectivity index (χ2n) is 25.6. The number of nitrogens with zero attached hydrogens (tertiary/aromatic N) is 3. The topological polar surface area (TPSA) is 9.72 Å². The minimum atomic E-state index is 1.12. The fraction of sp³-hybridized carbons (Fsp3) is 0. The zero-order valence-corrected chi connectivity index (χ0v) is 58.3. The summed E-state index contributed by atoms with van der Waals surface area (Å²) in [7, 11) is 0. The van der Waals surface area contributed by atoms with Gasteiger partial charge in [0.1, 0.15) is 0 Å². The van der Waals surface area contributed by atoms with Gasteiger partial charge in [0.25, 0.3) is 0 Å². The van der Waals surface area contributed by atoms with E-state index in [2.05, 4.69) is 470 Å². The summed E-state index contributed by atoms with van der Waals surface area (Å²) in [6, 6.07) is 165. The summed E-state index contributed by atoms with van der Waals surface area (Å²) in [5.74, 6) is 0. The van der Waals surface area contributed by atoms with Gasteiger partial charge >= 0.3 is 0 Å². The first kappa shape index (κ1) is 67.0. The Labute approximate surface area is 618 Å². The third kappa shape index (κ3) is 16.0. The minimum Gasteiger partial charge on any atom is -0.311 e. The van der Waals surface area contributed by atoms with Gasteiger partial charge in [-0.1, -0.05) is 376 Å². The first-order chi connectivity index (χ1) is 52.1. The quantitative estimate of drug-likeness (QED) is 0.0900. The molecule has 0 heterocycles. The Morgan fingerprint density at radius 3 is 0.590 bits per heavy atom. The highest BCUT2D eigenvalue weighted by Crippen LogP contribution is 2.47. The highest BCUT2D eigenvalue weighted by molar-refractivity contribution is 5.95. The second-order valence-corrected chi connectivity index (χ2v) is 25.6. The van der Waals surface area contributed by atoms with Gasteiger partial charge in [0, 0.05) is 50.8 Å². The standard InChI is InChI=1S/2C36H27N.C30H23N/c1-4-15-28(16-5-1)31-21-14-22-32(27-31)37(35-25-12-10-23-33(35)29-17-6-2-7-18-29)36-26-13-11-24-34(36)30-19-8-3-9-20-30;1-4-14-28(15-5-1)31-20-12-22-33(26-31)37(34-23-13-21-32(27-34)29-16-6-2-7-17-29)36-25-11-10-24-35(36)30-18-8-3-9-19-30;1-4-10-24(11-5-1)26-16-20-29(21-17-26)31(28-14-8-3-9-15-28)30-22-18-27(19-23-30)25-12-6-2-7-13-25/h2*1-27H;1-23H. The van der Waals surface area contributed by atoms with Crippen molar-refractivity contribution in [1.29, 1.82) is 0 Å². The molecule has 17 rings (SSSR count). The molecule has 0 fully saturated rings. The number of rotatable bonds is 17. The summed E-state index contributed by atoms with van der Waals surface area (Å²) in [5.41, 5.74) is 29.5. The van der Waals surface area contributed by atoms with E-state index >= 15 is 0 Å². The number of anilines is 9. The minimum absolute atomic E-state index is 1.12. The molecule has 0 aliphatic carbocycles. The molecule has 0 spiro atoms. The Morgan fingerprint density at radius 2 is 0.295 bits per heavy atom. The van der Waals surface area contributed by atoms with Crippen LogP contribution in [0.1, 0.15) is 0 Å². The molecule has 0 atom stereocenters. The molecule has 500 valence electrons. The highest BCUT2D eigenvalue weighted by atomic mass is 15.2. The highest BCUT2D eigenvalue weighted by Gasteiger charge is 2.22. The zero-order chi connectivity index (χ0) is 70.6. The SMILES string of the molecule is c1ccc(-c2ccc(N(c3ccccc3)c3ccc(-c4ccccc4)cc3)cc2)cc1.c1ccc(-c2cccc(N(c3cccc(-c4ccccc4)c3)c3ccccc3-c3ccccc3)c2)cc1.c1ccc(-c2cccc(N(c3ccccc3-c3ccccc3)c3ccccc3-c3ccccc3)c2)cc1. The lowest BCUT2D eigenvalue weighted by Crippen LogP contribution is -2.12. The molecule has 17 aromatic rings. The van der Waals surface area contributed by atoms with Crippen LogP contribution in [0.2, 0.25) is 0 Å². The third-order valence-corrected chi connectivity index (χ3v) is 18.8. The van der Waals surface area contributed by atoms with Crippen molar-refractivity contribution in [3.63, 3.8) is 0 Å². The van der Waals surface area contributed by atoms with E-state index < -0.39 is 0 Å². The van der Waals surface area contributed by atoms with Gasteiger partial charge in [-0.05, 0) is 163 Å². The third-order valence-electron chi connectivity index (χ3n) is 18.8. The molecule has 17 aromatic carbocycles. The molecule has 0 saturated carbocycles. The van der Waals surface area contributed by atoms with Crippen molar-refractivity contribution in [1.82, 2.24) is 0 Å². The molecule has 0 aliphatic rings. The Hall–Kier alpha value is -13.9. The summed E-state index contributed by atoms with van der Waals surface area (Å²) >= 11 is 0. The maximum absolute atomic E-state index is 2.40. The maximum atomic E-state index is 2.40. The Balaban J connectivity index is 0.000000127. The number of hydrogen-bond donors (Lipinski definition) is 0. The van der Waals surface area contributed by atoms with Crippen molar-refractivity contribution in [2.24, 2.45) is 0 Å². The Bertz CT molecular complexity index is 5300. The largest absolute Gasteiger partial charge is 0.311 e. The molecule has 3 nitrogen and oxygen atoms in total. The number of benzene rings is 17. The van der Waals surface area contributed by atoms with Gasteiger partial charge in [0.05, 0.1) is 17.1 Å². The van der Waals surface area contributed by atoms with E-state index in [-0.39, 0.29) is 0 Å². The molecule has 0 amide bonds. The predicted octanol–water partition coefficient (Wildman–Crippen LogP) is 28.8. The normalized spacial score (nSPS) is 10.7. The molecular weight excluding hydrogens is 1270 g/mol. The van der Waals surface area contributed by atoms with Crippen LogP contribution in [-0.2, 0) is 0 Å². The van der Waals surface area contributed by atoms with E-state index in [0.29, 0.717) is 0 Å². The smallest absolute Gasteiger partial charge is 0.0540 e. The lowest BCUT2D eigenvalue weighted by Gasteiger charge is -2.30. The molecule has 3 heteroatoms. The van der Waals surface area contributed by atoms with Crippen molar-refractivity contribution >= 4 is 51.2 Å². The van der Waals surface area contributed by atoms with E-state index in [4.69, 9.17) is 0 Å². The number of para-hydroxylation sites is 4. The van der Waals surface area contributed by atoms with Crippen molar-refractivity contribution in [2.75, 3.05) is 14.7 Å². The summed E-state index contributed by atoms with van der Waals surface area (Å²) < 4.78 is 0. The van der Waals surface area contributed by atoms with Crippen molar-refractivity contribution in [3.05, 3.63) is 467 Å². The van der Waals surface area contributed by atoms with Gasteiger partial charge in [-0.15, -0.1) is 0 Å². The van der Waals surface area contributed by atoms with Crippen molar-refractivity contribution < 1.29 is 0 Å². The van der Waals surface area contributed by atoms with Crippen molar-refractivity contribution in [3.8, 4) is 89.0 Å². The van der Waals surface area contributed by atoms with Gasteiger partial charge in [0.2, 0.25) is 0 Å². The van der Waals surface area contributed by atoms with E-state index in [1.54, 1.807) is 0 Å². The van der Waals surface area contributed by atoms with Crippen LogP contribution in [0.5, 0.6) is 0 Å². The maximum Gasteiger partial charge on any atom is 0.0540 e. The van der Waals surface area contributed by atoms with Crippen LogP contribution in [0.15, 0.2) is 467 Å². The fourth-order valence-electron chi connectivity index (χ4n) is 13.7. The van der Waals surface area contributed by atoms with E-state index in [1.807, 2.05) is 12.1 Å². The van der Waals surface area contributed by atoms with Crippen LogP contribution in [0.3, 0.4) is 0 Å². The summed E-state index contributed by atoms with van der Waals surface area (Å²) in [4.78, 5) is 7.07. The first-order valence-corrected chi connectivity index (χ1v) is 35.8. The van der Waals surface area contributed by atoms with E-state index in [1.165, 1.54) is 89.0 Å². The summed E-state index contributed by atoms with van der Waals surface area (Å²) in [5, 5.41) is 0. The average Bonchev–Trinajstić information content (AvgIpc) is 0.779. The van der Waals surface area contributed by atoms with E-state index in [0.717, 1.165) is 51.2 Å². The van der Waals surface area contributed by atoms with Crippen molar-refractivity contribution in [2.45, 2.75) is 0 Å². The summed E-state index contributed by atoms with van der Waals surface area (Å²) in [6.07, 6.45) is 0. The lowest BCUT2D eigenvalue weighted by atomic mass is 9.98. The first-order valence-electron chi connectivity index (χ1n) is 35.8. The Morgan fingerprint density at radius 1 is 0.105 bits per heavy atom. The fourth-order valence-corrected chi connectivity index (χ4v) is 13.7. The van der Waals surface area contributed by atoms with Crippen LogP contribution >= 0.6 is 0 Å². The van der Waals surface area contributed by atoms with Gasteiger partial charge in [-0.3, -0.25) is 0 Å². The molecule has 105 heavy (non-hydrogen) atoms. The average molecular weight is 1340 g/mol. The molecular formula is C102H77N3. The van der Waals surface area contributed by atoms with Gasteiger partial charge < -0.3 is 14.7 Å². The van der Waals surface area contributed by atoms with Crippen LogP contribution < -0.4 is 14.7 Å². The van der Waals surface area contributed by atoms with Crippen LogP contribution in [0.25, 0.3) is 89.0 Å². The monoisotopic (exact) mass is 1340 g/mol. The van der Waals surface area contributed by atoms with E-state index in [9.17, 15) is 0 Å². The molecule has 0 bridgehead atoms. The van der Waals surface area contributed by atoms with Crippen LogP contribution in [0.4, 0.5) is 51.2 Å². The van der Waals surface area contributed by atoms with Crippen LogP contribution in [-0.4, -0.2) is 0 Å². The van der Waals surface area contributed by atoms with Gasteiger partial charge in [0.15, 0.2) is 0 Å². The number of hydrogen-bond acceptors (Lipinski definition) is 3. The zero-order valence-electron chi connectivity index (χ0n) is 58.3. The van der Waals surface area contributed by atoms with Crippen LogP contribution in [0, 0.1) is 0 Å². The molecule has 0 aliphatic heterocycles. The van der Waals surface area contributed by atoms with Gasteiger partial charge in [-0.2, -0.15) is 0 Å². The molecule has 0 N–H and O–H groups in total. The summed E-state index contributed by atoms with van der Waals surface area (Å²) in [6.45, 7) is 0. The Kier molecular flexibility index (Phi) is 21.1. The molecule has 0 radical (unpaired) electrons. The molecule has 0 aromatic heterocycles.